The minimum atomic E-state index is -1.06. The average molecular weight is 377 g/mol. The number of aliphatic carboxylic acids is 1. The monoisotopic (exact) mass is 377 g/mol. The number of hydrogen-bond donors (Lipinski definition) is 3. The molecule has 10 heteroatoms. The third-order valence-electron chi connectivity index (χ3n) is 3.67. The van der Waals surface area contributed by atoms with E-state index in [1.807, 2.05) is 0 Å². The molecule has 2 rings (SSSR count). The highest BCUT2D eigenvalue weighted by Crippen LogP contribution is 2.07. The van der Waals surface area contributed by atoms with E-state index in [0.717, 1.165) is 4.68 Å². The summed E-state index contributed by atoms with van der Waals surface area (Å²) in [7, 11) is 0. The molecule has 1 aromatic heterocycles. The molecule has 9 nitrogen and oxygen atoms in total. The Hall–Kier alpha value is -3.30. The van der Waals surface area contributed by atoms with Crippen LogP contribution in [0.4, 0.5) is 4.39 Å². The van der Waals surface area contributed by atoms with Gasteiger partial charge < -0.3 is 15.7 Å². The summed E-state index contributed by atoms with van der Waals surface area (Å²) in [5.74, 6) is -2.62. The van der Waals surface area contributed by atoms with Gasteiger partial charge in [-0.1, -0.05) is 19.1 Å². The van der Waals surface area contributed by atoms with Gasteiger partial charge in [0.25, 0.3) is 5.91 Å². The largest absolute Gasteiger partial charge is 0.480 e. The second kappa shape index (κ2) is 8.88. The van der Waals surface area contributed by atoms with Crippen LogP contribution >= 0.6 is 0 Å². The van der Waals surface area contributed by atoms with Crippen molar-refractivity contribution in [3.63, 3.8) is 0 Å². The molecule has 144 valence electrons. The van der Waals surface area contributed by atoms with Crippen LogP contribution in [0.1, 0.15) is 29.9 Å². The third-order valence-corrected chi connectivity index (χ3v) is 3.67. The maximum atomic E-state index is 13.0. The van der Waals surface area contributed by atoms with Gasteiger partial charge in [0.05, 0.1) is 12.7 Å². The summed E-state index contributed by atoms with van der Waals surface area (Å²) >= 11 is 0. The number of amides is 2. The predicted octanol–water partition coefficient (Wildman–Crippen LogP) is 0.573. The van der Waals surface area contributed by atoms with Crippen LogP contribution in [0.25, 0.3) is 0 Å². The molecule has 0 saturated heterocycles. The second-order valence-corrected chi connectivity index (χ2v) is 6.22. The number of aromatic nitrogens is 3. The molecule has 1 heterocycles. The Morgan fingerprint density at radius 3 is 2.48 bits per heavy atom. The summed E-state index contributed by atoms with van der Waals surface area (Å²) in [6.45, 7) is 3.26. The average Bonchev–Trinajstić information content (AvgIpc) is 3.04. The molecule has 3 N–H and O–H groups in total. The smallest absolute Gasteiger partial charge is 0.325 e. The number of carbonyl (C=O) groups is 3. The van der Waals surface area contributed by atoms with Gasteiger partial charge in [-0.2, -0.15) is 0 Å². The first-order valence-electron chi connectivity index (χ1n) is 8.21. The van der Waals surface area contributed by atoms with E-state index in [-0.39, 0.29) is 24.6 Å². The molecule has 0 aliphatic carbocycles. The number of nitrogens with zero attached hydrogens (tertiary/aromatic N) is 3. The van der Waals surface area contributed by atoms with Crippen molar-refractivity contribution in [1.29, 1.82) is 0 Å². The number of benzene rings is 1. The Morgan fingerprint density at radius 2 is 1.89 bits per heavy atom. The van der Waals surface area contributed by atoms with Gasteiger partial charge in [-0.05, 0) is 30.2 Å². The van der Waals surface area contributed by atoms with Crippen molar-refractivity contribution >= 4 is 17.8 Å². The zero-order chi connectivity index (χ0) is 20.0. The maximum Gasteiger partial charge on any atom is 0.325 e. The molecule has 0 fully saturated rings. The van der Waals surface area contributed by atoms with E-state index in [9.17, 15) is 18.8 Å². The van der Waals surface area contributed by atoms with Gasteiger partial charge in [0.2, 0.25) is 5.91 Å². The first-order valence-corrected chi connectivity index (χ1v) is 8.21. The van der Waals surface area contributed by atoms with Crippen molar-refractivity contribution in [1.82, 2.24) is 25.6 Å². The van der Waals surface area contributed by atoms with E-state index in [2.05, 4.69) is 20.9 Å². The first-order chi connectivity index (χ1) is 12.8. The van der Waals surface area contributed by atoms with Crippen molar-refractivity contribution in [2.45, 2.75) is 33.0 Å². The SMILES string of the molecule is CC(C)C(NC(=O)c1ccc(F)cc1)C(=O)NCc1cn(CC(=O)O)nn1. The molecule has 0 aliphatic rings. The lowest BCUT2D eigenvalue weighted by atomic mass is 10.0. The fraction of sp³-hybridized carbons (Fsp3) is 0.353. The van der Waals surface area contributed by atoms with Crippen molar-refractivity contribution in [2.75, 3.05) is 0 Å². The number of halogens is 1. The van der Waals surface area contributed by atoms with Gasteiger partial charge in [-0.25, -0.2) is 9.07 Å². The highest BCUT2D eigenvalue weighted by molar-refractivity contribution is 5.97. The summed E-state index contributed by atoms with van der Waals surface area (Å²) < 4.78 is 14.1. The van der Waals surface area contributed by atoms with Crippen LogP contribution < -0.4 is 10.6 Å². The van der Waals surface area contributed by atoms with E-state index in [1.54, 1.807) is 13.8 Å². The van der Waals surface area contributed by atoms with Crippen molar-refractivity contribution < 1.29 is 23.9 Å². The molecule has 0 aliphatic heterocycles. The minimum absolute atomic E-state index is 0.0358. The van der Waals surface area contributed by atoms with E-state index in [1.165, 1.54) is 30.5 Å². The van der Waals surface area contributed by atoms with Gasteiger partial charge in [0, 0.05) is 5.56 Å². The molecule has 2 aromatic rings. The molecule has 1 unspecified atom stereocenters. The fourth-order valence-corrected chi connectivity index (χ4v) is 2.28. The molecule has 1 aromatic carbocycles. The van der Waals surface area contributed by atoms with Crippen molar-refractivity contribution in [3.05, 3.63) is 47.5 Å². The van der Waals surface area contributed by atoms with Crippen LogP contribution in [-0.2, 0) is 22.7 Å². The highest BCUT2D eigenvalue weighted by Gasteiger charge is 2.24. The quantitative estimate of drug-likeness (QED) is 0.617. The Bertz CT molecular complexity index is 819. The first kappa shape index (κ1) is 20.0. The van der Waals surface area contributed by atoms with Crippen molar-refractivity contribution in [3.8, 4) is 0 Å². The summed E-state index contributed by atoms with van der Waals surface area (Å²) in [6.07, 6.45) is 1.41. The second-order valence-electron chi connectivity index (χ2n) is 6.22. The van der Waals surface area contributed by atoms with Crippen LogP contribution in [0.2, 0.25) is 0 Å². The normalized spacial score (nSPS) is 11.9. The minimum Gasteiger partial charge on any atom is -0.480 e. The zero-order valence-corrected chi connectivity index (χ0v) is 14.8. The number of carboxylic acid groups (broad SMARTS) is 1. The predicted molar refractivity (Wildman–Crippen MR) is 92.0 cm³/mol. The van der Waals surface area contributed by atoms with E-state index in [0.29, 0.717) is 5.69 Å². The molecule has 0 saturated carbocycles. The van der Waals surface area contributed by atoms with Crippen LogP contribution in [-0.4, -0.2) is 43.9 Å². The third kappa shape index (κ3) is 5.87. The topological polar surface area (TPSA) is 126 Å². The van der Waals surface area contributed by atoms with Crippen LogP contribution in [0, 0.1) is 11.7 Å². The van der Waals surface area contributed by atoms with Gasteiger partial charge in [-0.3, -0.25) is 14.4 Å². The molecule has 27 heavy (non-hydrogen) atoms. The Balaban J connectivity index is 1.96. The molecule has 0 bridgehead atoms. The molecular formula is C17H20FN5O4. The standard InChI is InChI=1S/C17H20FN5O4/c1-10(2)15(20-16(26)11-3-5-12(18)6-4-11)17(27)19-7-13-8-23(22-21-13)9-14(24)25/h3-6,8,10,15H,7,9H2,1-2H3,(H,19,27)(H,20,26)(H,24,25). The van der Waals surface area contributed by atoms with Gasteiger partial charge in [0.15, 0.2) is 0 Å². The fourth-order valence-electron chi connectivity index (χ4n) is 2.28. The van der Waals surface area contributed by atoms with Gasteiger partial charge >= 0.3 is 5.97 Å². The lowest BCUT2D eigenvalue weighted by Crippen LogP contribution is -2.49. The number of hydrogen-bond acceptors (Lipinski definition) is 5. The molecule has 2 amide bonds. The summed E-state index contributed by atoms with van der Waals surface area (Å²) in [5, 5.41) is 21.4. The molecular weight excluding hydrogens is 357 g/mol. The highest BCUT2D eigenvalue weighted by atomic mass is 19.1. The Kier molecular flexibility index (Phi) is 6.58. The lowest BCUT2D eigenvalue weighted by Gasteiger charge is -2.21. The van der Waals surface area contributed by atoms with Crippen LogP contribution in [0.5, 0.6) is 0 Å². The number of carbonyl (C=O) groups excluding carboxylic acids is 2. The van der Waals surface area contributed by atoms with Gasteiger partial charge in [-0.15, -0.1) is 5.10 Å². The van der Waals surface area contributed by atoms with E-state index < -0.39 is 29.6 Å². The summed E-state index contributed by atoms with van der Waals surface area (Å²) in [5.41, 5.74) is 0.628. The number of nitrogens with one attached hydrogen (secondary N) is 2. The maximum absolute atomic E-state index is 13.0. The van der Waals surface area contributed by atoms with E-state index in [4.69, 9.17) is 5.11 Å². The van der Waals surface area contributed by atoms with Gasteiger partial charge in [0.1, 0.15) is 24.1 Å². The summed E-state index contributed by atoms with van der Waals surface area (Å²) in [4.78, 5) is 35.3. The Morgan fingerprint density at radius 1 is 1.22 bits per heavy atom. The Labute approximate surface area is 154 Å². The summed E-state index contributed by atoms with van der Waals surface area (Å²) in [6, 6.07) is 4.19. The zero-order valence-electron chi connectivity index (χ0n) is 14.8. The molecule has 0 spiro atoms. The number of carboxylic acids is 1. The van der Waals surface area contributed by atoms with E-state index >= 15 is 0 Å². The molecule has 1 atom stereocenters. The number of rotatable bonds is 8. The van der Waals surface area contributed by atoms with Crippen LogP contribution in [0.15, 0.2) is 30.5 Å². The van der Waals surface area contributed by atoms with Crippen molar-refractivity contribution in [2.24, 2.45) is 5.92 Å². The van der Waals surface area contributed by atoms with Crippen LogP contribution in [0.3, 0.4) is 0 Å². The molecule has 0 radical (unpaired) electrons. The lowest BCUT2D eigenvalue weighted by molar-refractivity contribution is -0.138.